The van der Waals surface area contributed by atoms with E-state index in [-0.39, 0.29) is 5.56 Å². The molecule has 4 nitrogen and oxygen atoms in total. The van der Waals surface area contributed by atoms with Gasteiger partial charge in [0.15, 0.2) is 0 Å². The van der Waals surface area contributed by atoms with Gasteiger partial charge in [-0.2, -0.15) is 0 Å². The van der Waals surface area contributed by atoms with E-state index in [0.717, 1.165) is 11.3 Å². The molecular formula is C13H12ClIN2O2. The highest BCUT2D eigenvalue weighted by atomic mass is 127. The van der Waals surface area contributed by atoms with Crippen LogP contribution in [0, 0.1) is 3.57 Å². The van der Waals surface area contributed by atoms with E-state index < -0.39 is 0 Å². The number of hydrogen-bond donors (Lipinski definition) is 1. The molecule has 0 saturated heterocycles. The molecule has 0 radical (unpaired) electrons. The lowest BCUT2D eigenvalue weighted by Crippen LogP contribution is -2.16. The van der Waals surface area contributed by atoms with Crippen LogP contribution in [0.2, 0.25) is 5.02 Å². The zero-order valence-corrected chi connectivity index (χ0v) is 13.4. The van der Waals surface area contributed by atoms with Crippen molar-refractivity contribution < 1.29 is 4.74 Å². The van der Waals surface area contributed by atoms with Crippen molar-refractivity contribution in [3.63, 3.8) is 0 Å². The Morgan fingerprint density at radius 2 is 2.21 bits per heavy atom. The highest BCUT2D eigenvalue weighted by Gasteiger charge is 2.12. The summed E-state index contributed by atoms with van der Waals surface area (Å²) in [5.41, 5.74) is 1.35. The zero-order chi connectivity index (χ0) is 14.0. The third kappa shape index (κ3) is 2.92. The van der Waals surface area contributed by atoms with Crippen LogP contribution in [0.25, 0.3) is 11.4 Å². The van der Waals surface area contributed by atoms with Crippen LogP contribution in [0.5, 0.6) is 5.75 Å². The van der Waals surface area contributed by atoms with Crippen molar-refractivity contribution in [1.82, 2.24) is 9.97 Å². The van der Waals surface area contributed by atoms with Gasteiger partial charge in [0.05, 0.1) is 21.9 Å². The van der Waals surface area contributed by atoms with Crippen LogP contribution in [0.1, 0.15) is 12.6 Å². The molecule has 2 aromatic rings. The standard InChI is InChI=1S/C13H12ClIN2O2/c1-3-9-11(15)13(18)17-12(16-9)8-5-4-7(14)6-10(8)19-2/h4-6H,3H2,1-2H3,(H,16,17,18). The highest BCUT2D eigenvalue weighted by Crippen LogP contribution is 2.30. The molecule has 0 bridgehead atoms. The molecular weight excluding hydrogens is 379 g/mol. The summed E-state index contributed by atoms with van der Waals surface area (Å²) >= 11 is 7.93. The second-order valence-corrected chi connectivity index (χ2v) is 5.39. The minimum absolute atomic E-state index is 0.139. The van der Waals surface area contributed by atoms with Gasteiger partial charge in [-0.05, 0) is 47.2 Å². The smallest absolute Gasteiger partial charge is 0.264 e. The molecule has 19 heavy (non-hydrogen) atoms. The van der Waals surface area contributed by atoms with Crippen LogP contribution in [0.4, 0.5) is 0 Å². The summed E-state index contributed by atoms with van der Waals surface area (Å²) in [5, 5.41) is 0.573. The number of benzene rings is 1. The molecule has 0 unspecified atom stereocenters. The molecule has 0 fully saturated rings. The summed E-state index contributed by atoms with van der Waals surface area (Å²) in [6.07, 6.45) is 0.700. The molecule has 0 spiro atoms. The first kappa shape index (κ1) is 14.3. The Labute approximate surface area is 129 Å². The molecule has 0 saturated carbocycles. The van der Waals surface area contributed by atoms with Gasteiger partial charge in [0.2, 0.25) is 0 Å². The molecule has 1 aromatic heterocycles. The molecule has 6 heteroatoms. The fraction of sp³-hybridized carbons (Fsp3) is 0.231. The lowest BCUT2D eigenvalue weighted by molar-refractivity contribution is 0.416. The number of aromatic amines is 1. The van der Waals surface area contributed by atoms with Crippen molar-refractivity contribution in [3.8, 4) is 17.1 Å². The Morgan fingerprint density at radius 3 is 2.84 bits per heavy atom. The van der Waals surface area contributed by atoms with Crippen LogP contribution in [0.15, 0.2) is 23.0 Å². The van der Waals surface area contributed by atoms with Gasteiger partial charge in [-0.3, -0.25) is 4.79 Å². The Morgan fingerprint density at radius 1 is 1.47 bits per heavy atom. The third-order valence-corrected chi connectivity index (χ3v) is 4.03. The third-order valence-electron chi connectivity index (χ3n) is 2.68. The number of nitrogens with zero attached hydrogens (tertiary/aromatic N) is 1. The van der Waals surface area contributed by atoms with Gasteiger partial charge in [0.1, 0.15) is 11.6 Å². The first-order valence-electron chi connectivity index (χ1n) is 5.69. The Hall–Kier alpha value is -1.08. The number of aromatic nitrogens is 2. The van der Waals surface area contributed by atoms with Crippen molar-refractivity contribution in [3.05, 3.63) is 42.8 Å². The molecule has 0 aliphatic carbocycles. The fourth-order valence-electron chi connectivity index (χ4n) is 1.73. The van der Waals surface area contributed by atoms with Crippen LogP contribution in [0.3, 0.4) is 0 Å². The summed E-state index contributed by atoms with van der Waals surface area (Å²) in [5.74, 6) is 1.08. The monoisotopic (exact) mass is 390 g/mol. The Bertz CT molecular complexity index is 670. The number of ether oxygens (including phenoxy) is 1. The lowest BCUT2D eigenvalue weighted by Gasteiger charge is -2.09. The van der Waals surface area contributed by atoms with Crippen molar-refractivity contribution >= 4 is 34.2 Å². The van der Waals surface area contributed by atoms with E-state index in [1.807, 2.05) is 29.5 Å². The average Bonchev–Trinajstić information content (AvgIpc) is 2.41. The number of nitrogens with one attached hydrogen (secondary N) is 1. The fourth-order valence-corrected chi connectivity index (χ4v) is 2.53. The molecule has 0 aliphatic heterocycles. The van der Waals surface area contributed by atoms with E-state index >= 15 is 0 Å². The molecule has 100 valence electrons. The molecule has 1 heterocycles. The van der Waals surface area contributed by atoms with Gasteiger partial charge in [0.25, 0.3) is 5.56 Å². The number of halogens is 2. The first-order chi connectivity index (χ1) is 9.06. The minimum atomic E-state index is -0.139. The van der Waals surface area contributed by atoms with Crippen molar-refractivity contribution in [2.45, 2.75) is 13.3 Å². The van der Waals surface area contributed by atoms with Crippen LogP contribution in [-0.2, 0) is 6.42 Å². The van der Waals surface area contributed by atoms with E-state index in [4.69, 9.17) is 16.3 Å². The van der Waals surface area contributed by atoms with Gasteiger partial charge in [-0.25, -0.2) is 4.98 Å². The second-order valence-electron chi connectivity index (χ2n) is 3.87. The predicted molar refractivity (Wildman–Crippen MR) is 84.0 cm³/mol. The summed E-state index contributed by atoms with van der Waals surface area (Å²) in [4.78, 5) is 19.1. The number of rotatable bonds is 3. The van der Waals surface area contributed by atoms with E-state index in [1.54, 1.807) is 25.3 Å². The molecule has 0 aliphatic rings. The normalized spacial score (nSPS) is 10.5. The maximum atomic E-state index is 11.9. The summed E-state index contributed by atoms with van der Waals surface area (Å²) in [7, 11) is 1.56. The van der Waals surface area contributed by atoms with Crippen LogP contribution >= 0.6 is 34.2 Å². The van der Waals surface area contributed by atoms with E-state index in [2.05, 4.69) is 9.97 Å². The minimum Gasteiger partial charge on any atom is -0.496 e. The van der Waals surface area contributed by atoms with Crippen LogP contribution < -0.4 is 10.3 Å². The predicted octanol–water partition coefficient (Wildman–Crippen LogP) is 3.27. The molecule has 1 N–H and O–H groups in total. The summed E-state index contributed by atoms with van der Waals surface area (Å²) < 4.78 is 5.90. The van der Waals surface area contributed by atoms with E-state index in [9.17, 15) is 4.79 Å². The highest BCUT2D eigenvalue weighted by molar-refractivity contribution is 14.1. The zero-order valence-electron chi connectivity index (χ0n) is 10.5. The summed E-state index contributed by atoms with van der Waals surface area (Å²) in [6.45, 7) is 1.97. The molecule has 2 rings (SSSR count). The van der Waals surface area contributed by atoms with Crippen molar-refractivity contribution in [2.75, 3.05) is 7.11 Å². The SMILES string of the molecule is CCc1nc(-c2ccc(Cl)cc2OC)[nH]c(=O)c1I. The quantitative estimate of drug-likeness (QED) is 0.819. The number of methoxy groups -OCH3 is 1. The van der Waals surface area contributed by atoms with Gasteiger partial charge in [-0.1, -0.05) is 18.5 Å². The maximum absolute atomic E-state index is 11.9. The molecule has 1 aromatic carbocycles. The van der Waals surface area contributed by atoms with Gasteiger partial charge < -0.3 is 9.72 Å². The van der Waals surface area contributed by atoms with Crippen LogP contribution in [-0.4, -0.2) is 17.1 Å². The largest absolute Gasteiger partial charge is 0.496 e. The lowest BCUT2D eigenvalue weighted by atomic mass is 10.2. The number of hydrogen-bond acceptors (Lipinski definition) is 3. The number of aryl methyl sites for hydroxylation is 1. The van der Waals surface area contributed by atoms with Gasteiger partial charge >= 0.3 is 0 Å². The topological polar surface area (TPSA) is 55.0 Å². The summed E-state index contributed by atoms with van der Waals surface area (Å²) in [6, 6.07) is 5.22. The van der Waals surface area contributed by atoms with Gasteiger partial charge in [0, 0.05) is 5.02 Å². The first-order valence-corrected chi connectivity index (χ1v) is 7.15. The second kappa shape index (κ2) is 5.92. The van der Waals surface area contributed by atoms with Crippen molar-refractivity contribution in [1.29, 1.82) is 0 Å². The van der Waals surface area contributed by atoms with Gasteiger partial charge in [-0.15, -0.1) is 0 Å². The molecule has 0 atom stereocenters. The number of H-pyrrole nitrogens is 1. The Balaban J connectivity index is 2.65. The van der Waals surface area contributed by atoms with Crippen molar-refractivity contribution in [2.24, 2.45) is 0 Å². The molecule has 0 amide bonds. The average molecular weight is 391 g/mol. The van der Waals surface area contributed by atoms with E-state index in [1.165, 1.54) is 0 Å². The van der Waals surface area contributed by atoms with E-state index in [0.29, 0.717) is 26.6 Å². The maximum Gasteiger partial charge on any atom is 0.264 e. The Kier molecular flexibility index (Phi) is 4.46.